The predicted molar refractivity (Wildman–Crippen MR) is 270 cm³/mol. The molecule has 0 spiro atoms. The Labute approximate surface area is 461 Å². The van der Waals surface area contributed by atoms with Gasteiger partial charge in [-0.1, -0.05) is 121 Å². The molecule has 4 aromatic carbocycles. The Morgan fingerprint density at radius 2 is 0.612 bits per heavy atom. The van der Waals surface area contributed by atoms with Crippen molar-refractivity contribution in [3.8, 4) is 0 Å². The minimum absolute atomic E-state index is 0. The topological polar surface area (TPSA) is 83.1 Å². The van der Waals surface area contributed by atoms with Crippen LogP contribution in [-0.2, 0) is 168 Å². The van der Waals surface area contributed by atoms with Crippen LogP contribution < -0.4 is 0 Å². The first kappa shape index (κ1) is 67.8. The maximum atomic E-state index is 6.23. The minimum Gasteiger partial charge on any atom is -0.376 e. The Morgan fingerprint density at radius 1 is 0.358 bits per heavy atom. The van der Waals surface area contributed by atoms with E-state index in [9.17, 15) is 0 Å². The third-order valence-corrected chi connectivity index (χ3v) is 11.3. The van der Waals surface area contributed by atoms with Gasteiger partial charge in [0.15, 0.2) is 0 Å². The summed E-state index contributed by atoms with van der Waals surface area (Å²) in [4.78, 5) is 0. The van der Waals surface area contributed by atoms with Gasteiger partial charge >= 0.3 is 0 Å². The average molecular weight is 1130 g/mol. The molecule has 21 heteroatoms. The molecular formula is C46H64B4O9P4V4. The molecule has 4 aromatic rings. The smallest absolute Gasteiger partial charge is 0.143 e. The Hall–Kier alpha value is 0.837. The molecule has 0 N–H and O–H groups in total. The molecule has 6 atom stereocenters. The Morgan fingerprint density at radius 3 is 0.910 bits per heavy atom. The van der Waals surface area contributed by atoms with Crippen LogP contribution in [0.1, 0.15) is 44.5 Å². The maximum Gasteiger partial charge on any atom is 0.143 e. The maximum absolute atomic E-state index is 6.23. The monoisotopic (exact) mass is 1130 g/mol. The molecular weight excluding hydrogens is 1070 g/mol. The van der Waals surface area contributed by atoms with E-state index in [1.54, 1.807) is 0 Å². The fourth-order valence-corrected chi connectivity index (χ4v) is 7.64. The van der Waals surface area contributed by atoms with E-state index >= 15 is 0 Å². The Kier molecular flexibility index (Phi) is 46.0. The first-order valence-electron chi connectivity index (χ1n) is 21.6. The zero-order valence-electron chi connectivity index (χ0n) is 38.5. The molecule has 10 radical (unpaired) electrons. The Bertz CT molecular complexity index is 1600. The van der Waals surface area contributed by atoms with Crippen molar-refractivity contribution >= 4 is 64.3 Å². The normalized spacial score (nSPS) is 12.0. The van der Waals surface area contributed by atoms with Crippen molar-refractivity contribution in [2.45, 2.75) is 63.6 Å². The predicted octanol–water partition coefficient (Wildman–Crippen LogP) is 7.18. The van der Waals surface area contributed by atoms with Gasteiger partial charge in [0, 0.05) is 74.2 Å². The summed E-state index contributed by atoms with van der Waals surface area (Å²) in [5.41, 5.74) is 9.48. The van der Waals surface area contributed by atoms with Crippen LogP contribution in [0, 0.1) is 0 Å². The van der Waals surface area contributed by atoms with Gasteiger partial charge < -0.3 is 42.6 Å². The van der Waals surface area contributed by atoms with Crippen molar-refractivity contribution in [1.82, 2.24) is 0 Å². The summed E-state index contributed by atoms with van der Waals surface area (Å²) in [6, 6.07) is 33.7. The van der Waals surface area contributed by atoms with Gasteiger partial charge in [-0.05, 0) is 45.7 Å². The van der Waals surface area contributed by atoms with Crippen molar-refractivity contribution in [2.24, 2.45) is 0 Å². The van der Waals surface area contributed by atoms with E-state index in [1.165, 1.54) is 22.3 Å². The summed E-state index contributed by atoms with van der Waals surface area (Å²) in [5.74, 6) is 0. The quantitative estimate of drug-likeness (QED) is 0.0264. The van der Waals surface area contributed by atoms with Crippen molar-refractivity contribution in [1.29, 1.82) is 0 Å². The number of benzene rings is 4. The number of rotatable bonds is 38. The third-order valence-electron chi connectivity index (χ3n) is 9.61. The largest absolute Gasteiger partial charge is 0.376 e. The summed E-state index contributed by atoms with van der Waals surface area (Å²) in [5, 5.41) is 0. The first-order valence-corrected chi connectivity index (χ1v) is 25.5. The fourth-order valence-electron chi connectivity index (χ4n) is 6.15. The number of hydrogen-bond donors (Lipinski definition) is 0. The molecule has 0 aromatic heterocycles. The van der Waals surface area contributed by atoms with Crippen LogP contribution in [0.25, 0.3) is 0 Å². The summed E-state index contributed by atoms with van der Waals surface area (Å²) < 4.78 is 54.4. The van der Waals surface area contributed by atoms with Crippen LogP contribution in [0.15, 0.2) is 97.1 Å². The van der Waals surface area contributed by atoms with E-state index in [-0.39, 0.29) is 86.4 Å². The van der Waals surface area contributed by atoms with Gasteiger partial charge in [-0.2, -0.15) is 35.2 Å². The molecule has 0 bridgehead atoms. The van der Waals surface area contributed by atoms with Gasteiger partial charge in [0.2, 0.25) is 0 Å². The third kappa shape index (κ3) is 32.6. The molecule has 0 saturated heterocycles. The SMILES string of the molecule is [B]PCc1ccc(COCCOCC(COCC(COCCOCc2ccc(C[B]P)cc2)OCCOCc2ccc(C[B]P)cc2)OCCOCc2ccc(CP[B])cc2)cc1.[V].[V].[V].[V]. The van der Waals surface area contributed by atoms with Crippen molar-refractivity contribution < 1.29 is 117 Å². The molecule has 9 nitrogen and oxygen atoms in total. The van der Waals surface area contributed by atoms with Crippen LogP contribution >= 0.6 is 35.2 Å². The summed E-state index contributed by atoms with van der Waals surface area (Å²) >= 11 is 0. The van der Waals surface area contributed by atoms with Crippen molar-refractivity contribution in [3.05, 3.63) is 142 Å². The summed E-state index contributed by atoms with van der Waals surface area (Å²) in [7, 11) is 17.5. The van der Waals surface area contributed by atoms with E-state index in [0.29, 0.717) is 123 Å². The second-order valence-electron chi connectivity index (χ2n) is 14.8. The zero-order chi connectivity index (χ0) is 44.4. The second kappa shape index (κ2) is 45.5. The van der Waals surface area contributed by atoms with E-state index in [2.05, 4.69) is 129 Å². The first-order chi connectivity index (χ1) is 31.1. The number of hydrogen-bond acceptors (Lipinski definition) is 9. The standard InChI is InChI=1S/C46H64B4O9P4.4V/c47-62-35-43-13-9-41(10-14-43)28-52-18-20-56-32-46(59-24-22-54-30-42-11-15-44(16-12-42)36-63-48)34-57-33-45(58-23-21-53-29-40-7-3-38(4-8-40)26-50-61)31-55-19-17-51-27-39-5-1-37(2-6-39)25-49-60;;;;/h1-16,45-46,62-63H,17-36,60-61H2;;;;. The number of ether oxygens (including phenoxy) is 9. The van der Waals surface area contributed by atoms with E-state index in [4.69, 9.17) is 57.8 Å². The molecule has 354 valence electrons. The summed E-state index contributed by atoms with van der Waals surface area (Å²) in [6.07, 6.45) is 2.98. The molecule has 4 rings (SSSR count). The molecule has 0 aliphatic rings. The van der Waals surface area contributed by atoms with Crippen LogP contribution in [0.5, 0.6) is 0 Å². The molecule has 0 amide bonds. The second-order valence-corrected chi connectivity index (χ2v) is 17.3. The fraction of sp³-hybridized carbons (Fsp3) is 0.478. The minimum atomic E-state index is -0.326. The van der Waals surface area contributed by atoms with Gasteiger partial charge in [-0.15, -0.1) is 0 Å². The van der Waals surface area contributed by atoms with E-state index < -0.39 is 0 Å². The van der Waals surface area contributed by atoms with Gasteiger partial charge in [-0.3, -0.25) is 0 Å². The van der Waals surface area contributed by atoms with Crippen LogP contribution in [-0.4, -0.2) is 121 Å². The van der Waals surface area contributed by atoms with Gasteiger partial charge in [0.05, 0.1) is 106 Å². The van der Waals surface area contributed by atoms with Gasteiger partial charge in [0.25, 0.3) is 0 Å². The van der Waals surface area contributed by atoms with E-state index in [0.717, 1.165) is 47.2 Å². The van der Waals surface area contributed by atoms with Crippen molar-refractivity contribution in [2.75, 3.05) is 79.3 Å². The van der Waals surface area contributed by atoms with Crippen LogP contribution in [0.2, 0.25) is 0 Å². The van der Waals surface area contributed by atoms with Gasteiger partial charge in [0.1, 0.15) is 41.3 Å². The Balaban J connectivity index is 0.0000109. The molecule has 6 unspecified atom stereocenters. The molecule has 67 heavy (non-hydrogen) atoms. The summed E-state index contributed by atoms with van der Waals surface area (Å²) in [6.45, 7) is 10.9. The van der Waals surface area contributed by atoms with Crippen LogP contribution in [0.3, 0.4) is 0 Å². The molecule has 0 aliphatic carbocycles. The zero-order valence-corrected chi connectivity index (χ0v) is 48.4. The molecule has 0 saturated carbocycles. The van der Waals surface area contributed by atoms with Crippen molar-refractivity contribution in [3.63, 3.8) is 0 Å². The molecule has 0 aliphatic heterocycles. The molecule has 0 fully saturated rings. The van der Waals surface area contributed by atoms with Crippen LogP contribution in [0.4, 0.5) is 0 Å². The average Bonchev–Trinajstić information content (AvgIpc) is 3.30. The van der Waals surface area contributed by atoms with E-state index in [1.807, 2.05) is 0 Å². The molecule has 0 heterocycles. The van der Waals surface area contributed by atoms with Gasteiger partial charge in [-0.25, -0.2) is 0 Å².